The van der Waals surface area contributed by atoms with Gasteiger partial charge in [-0.3, -0.25) is 4.99 Å². The van der Waals surface area contributed by atoms with E-state index in [1.807, 2.05) is 0 Å². The van der Waals surface area contributed by atoms with Crippen molar-refractivity contribution in [1.82, 2.24) is 0 Å². The standard InChI is InChI=1S/C14H28N2/c1-10(2)9-16-14(15)13-7-5-12(6-8-13)11(3)4/h10-13H,5-9H2,1-4H3,(H2,15,16). The number of nitrogens with zero attached hydrogens (tertiary/aromatic N) is 1. The van der Waals surface area contributed by atoms with Crippen LogP contribution in [-0.2, 0) is 0 Å². The van der Waals surface area contributed by atoms with Crippen molar-refractivity contribution in [2.45, 2.75) is 53.4 Å². The van der Waals surface area contributed by atoms with Crippen LogP contribution in [0.15, 0.2) is 4.99 Å². The molecule has 0 aromatic rings. The van der Waals surface area contributed by atoms with E-state index in [1.54, 1.807) is 0 Å². The van der Waals surface area contributed by atoms with Crippen LogP contribution in [0.4, 0.5) is 0 Å². The zero-order chi connectivity index (χ0) is 12.1. The summed E-state index contributed by atoms with van der Waals surface area (Å²) in [6.45, 7) is 9.93. The lowest BCUT2D eigenvalue weighted by molar-refractivity contribution is 0.255. The van der Waals surface area contributed by atoms with Gasteiger partial charge < -0.3 is 5.73 Å². The maximum atomic E-state index is 6.07. The minimum Gasteiger partial charge on any atom is -0.387 e. The van der Waals surface area contributed by atoms with E-state index in [4.69, 9.17) is 5.73 Å². The van der Waals surface area contributed by atoms with Crippen molar-refractivity contribution in [2.24, 2.45) is 34.4 Å². The molecule has 0 unspecified atom stereocenters. The van der Waals surface area contributed by atoms with Gasteiger partial charge in [-0.25, -0.2) is 0 Å². The fourth-order valence-corrected chi connectivity index (χ4v) is 2.50. The fraction of sp³-hybridized carbons (Fsp3) is 0.929. The van der Waals surface area contributed by atoms with E-state index in [-0.39, 0.29) is 0 Å². The molecule has 0 aromatic carbocycles. The lowest BCUT2D eigenvalue weighted by atomic mass is 9.76. The van der Waals surface area contributed by atoms with E-state index in [1.165, 1.54) is 25.7 Å². The highest BCUT2D eigenvalue weighted by atomic mass is 14.9. The van der Waals surface area contributed by atoms with E-state index in [9.17, 15) is 0 Å². The van der Waals surface area contributed by atoms with Crippen molar-refractivity contribution < 1.29 is 0 Å². The van der Waals surface area contributed by atoms with Gasteiger partial charge in [0, 0.05) is 12.5 Å². The van der Waals surface area contributed by atoms with Crippen LogP contribution >= 0.6 is 0 Å². The summed E-state index contributed by atoms with van der Waals surface area (Å²) < 4.78 is 0. The third kappa shape index (κ3) is 4.15. The largest absolute Gasteiger partial charge is 0.387 e. The van der Waals surface area contributed by atoms with Gasteiger partial charge in [0.05, 0.1) is 5.84 Å². The molecule has 0 spiro atoms. The molecule has 1 aliphatic rings. The smallest absolute Gasteiger partial charge is 0.0968 e. The molecule has 0 heterocycles. The highest BCUT2D eigenvalue weighted by molar-refractivity contribution is 5.82. The monoisotopic (exact) mass is 224 g/mol. The summed E-state index contributed by atoms with van der Waals surface area (Å²) in [6, 6.07) is 0. The molecular formula is C14H28N2. The van der Waals surface area contributed by atoms with Crippen molar-refractivity contribution in [3.63, 3.8) is 0 Å². The van der Waals surface area contributed by atoms with Crippen molar-refractivity contribution in [3.05, 3.63) is 0 Å². The molecule has 0 aliphatic heterocycles. The number of hydrogen-bond donors (Lipinski definition) is 1. The summed E-state index contributed by atoms with van der Waals surface area (Å²) in [6.07, 6.45) is 5.16. The maximum absolute atomic E-state index is 6.07. The second-order valence-corrected chi connectivity index (χ2v) is 6.02. The Bertz CT molecular complexity index is 223. The van der Waals surface area contributed by atoms with Gasteiger partial charge in [-0.2, -0.15) is 0 Å². The second-order valence-electron chi connectivity index (χ2n) is 6.02. The summed E-state index contributed by atoms with van der Waals surface area (Å²) in [5.41, 5.74) is 6.07. The van der Waals surface area contributed by atoms with Crippen LogP contribution in [-0.4, -0.2) is 12.4 Å². The van der Waals surface area contributed by atoms with E-state index >= 15 is 0 Å². The molecule has 2 N–H and O–H groups in total. The molecule has 0 amide bonds. The predicted octanol–water partition coefficient (Wildman–Crippen LogP) is 3.46. The van der Waals surface area contributed by atoms with Crippen LogP contribution in [0.2, 0.25) is 0 Å². The first-order valence-electron chi connectivity index (χ1n) is 6.80. The van der Waals surface area contributed by atoms with Crippen molar-refractivity contribution >= 4 is 5.84 Å². The van der Waals surface area contributed by atoms with Crippen LogP contribution in [0.3, 0.4) is 0 Å². The summed E-state index contributed by atoms with van der Waals surface area (Å²) in [5.74, 6) is 3.83. The minimum atomic E-state index is 0.564. The molecular weight excluding hydrogens is 196 g/mol. The fourth-order valence-electron chi connectivity index (χ4n) is 2.50. The van der Waals surface area contributed by atoms with Gasteiger partial charge in [-0.15, -0.1) is 0 Å². The molecule has 0 radical (unpaired) electrons. The first-order chi connectivity index (χ1) is 7.50. The third-order valence-corrected chi connectivity index (χ3v) is 3.77. The average Bonchev–Trinajstić information content (AvgIpc) is 2.26. The SMILES string of the molecule is CC(C)CN=C(N)C1CCC(C(C)C)CC1. The summed E-state index contributed by atoms with van der Waals surface area (Å²) >= 11 is 0. The molecule has 16 heavy (non-hydrogen) atoms. The molecule has 0 saturated heterocycles. The summed E-state index contributed by atoms with van der Waals surface area (Å²) in [5, 5.41) is 0. The van der Waals surface area contributed by atoms with Crippen molar-refractivity contribution in [1.29, 1.82) is 0 Å². The zero-order valence-corrected chi connectivity index (χ0v) is 11.4. The Balaban J connectivity index is 2.38. The van der Waals surface area contributed by atoms with E-state index in [0.29, 0.717) is 11.8 Å². The van der Waals surface area contributed by atoms with E-state index in [0.717, 1.165) is 24.2 Å². The Morgan fingerprint density at radius 3 is 2.12 bits per heavy atom. The highest BCUT2D eigenvalue weighted by Crippen LogP contribution is 2.33. The average molecular weight is 224 g/mol. The van der Waals surface area contributed by atoms with Gasteiger partial charge in [-0.1, -0.05) is 27.7 Å². The lowest BCUT2D eigenvalue weighted by Gasteiger charge is -2.30. The van der Waals surface area contributed by atoms with Gasteiger partial charge in [0.2, 0.25) is 0 Å². The second kappa shape index (κ2) is 6.27. The Hall–Kier alpha value is -0.530. The van der Waals surface area contributed by atoms with Crippen LogP contribution in [0, 0.1) is 23.7 Å². The summed E-state index contributed by atoms with van der Waals surface area (Å²) in [4.78, 5) is 4.51. The maximum Gasteiger partial charge on any atom is 0.0968 e. The number of amidine groups is 1. The molecule has 94 valence electrons. The number of hydrogen-bond acceptors (Lipinski definition) is 1. The normalized spacial score (nSPS) is 27.8. The number of aliphatic imine (C=N–C) groups is 1. The summed E-state index contributed by atoms with van der Waals surface area (Å²) in [7, 11) is 0. The molecule has 0 bridgehead atoms. The Morgan fingerprint density at radius 1 is 1.12 bits per heavy atom. The van der Waals surface area contributed by atoms with Gasteiger partial charge in [0.25, 0.3) is 0 Å². The number of rotatable bonds is 4. The van der Waals surface area contributed by atoms with E-state index < -0.39 is 0 Å². The number of nitrogens with two attached hydrogens (primary N) is 1. The molecule has 1 saturated carbocycles. The van der Waals surface area contributed by atoms with Crippen LogP contribution in [0.1, 0.15) is 53.4 Å². The molecule has 1 aliphatic carbocycles. The van der Waals surface area contributed by atoms with Crippen LogP contribution in [0.25, 0.3) is 0 Å². The molecule has 2 nitrogen and oxygen atoms in total. The molecule has 1 rings (SSSR count). The minimum absolute atomic E-state index is 0.564. The van der Waals surface area contributed by atoms with Gasteiger partial charge >= 0.3 is 0 Å². The Morgan fingerprint density at radius 2 is 1.69 bits per heavy atom. The van der Waals surface area contributed by atoms with Crippen molar-refractivity contribution in [2.75, 3.05) is 6.54 Å². The third-order valence-electron chi connectivity index (χ3n) is 3.77. The van der Waals surface area contributed by atoms with Gasteiger partial charge in [-0.05, 0) is 43.4 Å². The predicted molar refractivity (Wildman–Crippen MR) is 71.6 cm³/mol. The molecule has 1 fully saturated rings. The highest BCUT2D eigenvalue weighted by Gasteiger charge is 2.25. The molecule has 2 heteroatoms. The van der Waals surface area contributed by atoms with Crippen molar-refractivity contribution in [3.8, 4) is 0 Å². The first-order valence-corrected chi connectivity index (χ1v) is 6.80. The van der Waals surface area contributed by atoms with E-state index in [2.05, 4.69) is 32.7 Å². The Labute approximate surface area is 101 Å². The van der Waals surface area contributed by atoms with Gasteiger partial charge in [0.15, 0.2) is 0 Å². The van der Waals surface area contributed by atoms with Gasteiger partial charge in [0.1, 0.15) is 0 Å². The zero-order valence-electron chi connectivity index (χ0n) is 11.4. The van der Waals surface area contributed by atoms with Crippen LogP contribution < -0.4 is 5.73 Å². The molecule has 0 atom stereocenters. The first kappa shape index (κ1) is 13.5. The lowest BCUT2D eigenvalue weighted by Crippen LogP contribution is -2.29. The molecule has 0 aromatic heterocycles. The quantitative estimate of drug-likeness (QED) is 0.576. The van der Waals surface area contributed by atoms with Crippen LogP contribution in [0.5, 0.6) is 0 Å². The topological polar surface area (TPSA) is 38.4 Å². The Kier molecular flexibility index (Phi) is 5.30.